The fourth-order valence-electron chi connectivity index (χ4n) is 2.79. The summed E-state index contributed by atoms with van der Waals surface area (Å²) in [7, 11) is 0. The van der Waals surface area contributed by atoms with E-state index in [4.69, 9.17) is 2.84 Å². The van der Waals surface area contributed by atoms with E-state index in [-0.39, 0.29) is 0 Å². The summed E-state index contributed by atoms with van der Waals surface area (Å²) in [6.07, 6.45) is 0. The maximum atomic E-state index is 6.77. The van der Waals surface area contributed by atoms with Crippen LogP contribution >= 0.6 is 0 Å². The predicted octanol–water partition coefficient (Wildman–Crippen LogP) is 5.61. The highest BCUT2D eigenvalue weighted by molar-refractivity contribution is 6.66. The highest BCUT2D eigenvalue weighted by Gasteiger charge is 2.30. The Morgan fingerprint density at radius 3 is 0.895 bits per heavy atom. The molecule has 0 spiro atoms. The Labute approximate surface area is 132 Å². The first kappa shape index (κ1) is 20.0. The van der Waals surface area contributed by atoms with Crippen LogP contribution in [0.4, 0.5) is 0 Å². The molecule has 0 unspecified atom stereocenters. The van der Waals surface area contributed by atoms with Crippen LogP contribution in [-0.4, -0.2) is 29.0 Å². The molecule has 0 aliphatic carbocycles. The van der Waals surface area contributed by atoms with Gasteiger partial charge in [0, 0.05) is 0 Å². The summed E-state index contributed by atoms with van der Waals surface area (Å²) in [5.74, 6) is 3.23. The summed E-state index contributed by atoms with van der Waals surface area (Å²) in [6, 6.07) is 0. The molecule has 0 saturated carbocycles. The average Bonchev–Trinajstić information content (AvgIpc) is 2.11. The van der Waals surface area contributed by atoms with Gasteiger partial charge in [-0.05, 0) is 0 Å². The minimum atomic E-state index is -0.963. The fourth-order valence-corrected chi connectivity index (χ4v) is 11.3. The van der Waals surface area contributed by atoms with Crippen LogP contribution in [0.1, 0.15) is 55.4 Å². The molecule has 0 rings (SSSR count). The molecule has 0 aromatic rings. The van der Waals surface area contributed by atoms with E-state index >= 15 is 0 Å². The van der Waals surface area contributed by atoms with E-state index in [1.165, 1.54) is 21.1 Å². The van der Waals surface area contributed by atoms with Crippen molar-refractivity contribution >= 4 is 29.0 Å². The van der Waals surface area contributed by atoms with Crippen LogP contribution in [0.2, 0.25) is 21.1 Å². The van der Waals surface area contributed by atoms with E-state index in [0.717, 1.165) is 23.7 Å². The third-order valence-electron chi connectivity index (χ3n) is 3.32. The van der Waals surface area contributed by atoms with Gasteiger partial charge >= 0.3 is 29.0 Å². The number of rotatable bonds is 10. The summed E-state index contributed by atoms with van der Waals surface area (Å²) >= 11 is -1.93. The minimum Gasteiger partial charge on any atom is -0.636 e. The monoisotopic (exact) mass is 298 g/mol. The quantitative estimate of drug-likeness (QED) is 0.476. The van der Waals surface area contributed by atoms with Gasteiger partial charge in [0.1, 0.15) is 0 Å². The predicted molar refractivity (Wildman–Crippen MR) is 91.2 cm³/mol. The highest BCUT2D eigenvalue weighted by atomic mass is 27.3. The molecule has 0 aliphatic heterocycles. The lowest BCUT2D eigenvalue weighted by Crippen LogP contribution is -2.33. The van der Waals surface area contributed by atoms with E-state index in [1.54, 1.807) is 0 Å². The van der Waals surface area contributed by atoms with Crippen molar-refractivity contribution in [1.29, 1.82) is 0 Å². The van der Waals surface area contributed by atoms with Crippen LogP contribution in [0.5, 0.6) is 0 Å². The van der Waals surface area contributed by atoms with Crippen LogP contribution in [0.3, 0.4) is 0 Å². The smallest absolute Gasteiger partial charge is 0.430 e. The van der Waals surface area contributed by atoms with Gasteiger partial charge in [-0.2, -0.15) is 0 Å². The lowest BCUT2D eigenvalue weighted by Gasteiger charge is -2.24. The average molecular weight is 298 g/mol. The third kappa shape index (κ3) is 12.5. The van der Waals surface area contributed by atoms with Crippen LogP contribution in [-0.2, 0) is 2.84 Å². The van der Waals surface area contributed by atoms with Gasteiger partial charge in [-0.25, -0.2) is 0 Å². The van der Waals surface area contributed by atoms with Gasteiger partial charge in [0.25, 0.3) is 0 Å². The third-order valence-corrected chi connectivity index (χ3v) is 12.3. The molecule has 1 nitrogen and oxygen atoms in total. The topological polar surface area (TPSA) is 9.23 Å². The maximum Gasteiger partial charge on any atom is 0.430 e. The molecular weight excluding hydrogens is 262 g/mol. The van der Waals surface area contributed by atoms with Gasteiger partial charge in [0.05, 0.1) is 0 Å². The van der Waals surface area contributed by atoms with Crippen molar-refractivity contribution in [3.8, 4) is 0 Å². The highest BCUT2D eigenvalue weighted by Crippen LogP contribution is 2.22. The van der Waals surface area contributed by atoms with Crippen molar-refractivity contribution in [2.75, 3.05) is 0 Å². The van der Waals surface area contributed by atoms with Crippen molar-refractivity contribution in [3.05, 3.63) is 0 Å². The van der Waals surface area contributed by atoms with Gasteiger partial charge in [-0.1, -0.05) is 100 Å². The standard InChI is InChI=1S/4C4H9.2Al.O/c4*1-4(2)3;;;/h4*4H,1H2,2-3H3;;;. The molecule has 0 N–H and O–H groups in total. The van der Waals surface area contributed by atoms with Crippen molar-refractivity contribution in [2.24, 2.45) is 23.7 Å². The van der Waals surface area contributed by atoms with Crippen molar-refractivity contribution < 1.29 is 2.84 Å². The molecular formula is C16H36Al2O. The van der Waals surface area contributed by atoms with Crippen LogP contribution in [0, 0.1) is 23.7 Å². The molecule has 0 heterocycles. The minimum absolute atomic E-state index is 0.808. The molecule has 0 aliphatic rings. The van der Waals surface area contributed by atoms with E-state index in [9.17, 15) is 0 Å². The van der Waals surface area contributed by atoms with E-state index in [1.807, 2.05) is 0 Å². The molecule has 0 fully saturated rings. The second kappa shape index (κ2) is 10.7. The molecule has 0 atom stereocenters. The summed E-state index contributed by atoms with van der Waals surface area (Å²) in [5, 5.41) is 5.49. The molecule has 19 heavy (non-hydrogen) atoms. The lowest BCUT2D eigenvalue weighted by atomic mass is 10.3. The first-order valence-corrected chi connectivity index (χ1v) is 12.6. The Morgan fingerprint density at radius 2 is 0.737 bits per heavy atom. The summed E-state index contributed by atoms with van der Waals surface area (Å²) < 4.78 is 6.77. The van der Waals surface area contributed by atoms with E-state index in [2.05, 4.69) is 55.4 Å². The molecule has 0 aromatic heterocycles. The van der Waals surface area contributed by atoms with Gasteiger partial charge in [0.2, 0.25) is 0 Å². The van der Waals surface area contributed by atoms with Gasteiger partial charge in [-0.3, -0.25) is 0 Å². The van der Waals surface area contributed by atoms with E-state index < -0.39 is 29.0 Å². The normalized spacial score (nSPS) is 12.0. The molecule has 0 aromatic carbocycles. The number of hydrogen-bond acceptors (Lipinski definition) is 1. The Kier molecular flexibility index (Phi) is 11.3. The largest absolute Gasteiger partial charge is 0.636 e. The summed E-state index contributed by atoms with van der Waals surface area (Å²) in [4.78, 5) is 0. The second-order valence-corrected chi connectivity index (χ2v) is 13.4. The van der Waals surface area contributed by atoms with Crippen molar-refractivity contribution in [2.45, 2.75) is 76.5 Å². The maximum absolute atomic E-state index is 6.77. The van der Waals surface area contributed by atoms with Crippen molar-refractivity contribution in [1.82, 2.24) is 0 Å². The lowest BCUT2D eigenvalue weighted by molar-refractivity contribution is 0.506. The zero-order valence-corrected chi connectivity index (χ0v) is 17.0. The second-order valence-electron chi connectivity index (χ2n) is 7.90. The molecule has 3 heteroatoms. The van der Waals surface area contributed by atoms with Crippen LogP contribution < -0.4 is 0 Å². The first-order chi connectivity index (χ1) is 8.70. The Bertz CT molecular complexity index is 173. The Morgan fingerprint density at radius 1 is 0.526 bits per heavy atom. The van der Waals surface area contributed by atoms with Crippen LogP contribution in [0.15, 0.2) is 0 Å². The summed E-state index contributed by atoms with van der Waals surface area (Å²) in [6.45, 7) is 18.8. The van der Waals surface area contributed by atoms with Gasteiger partial charge in [-0.15, -0.1) is 0 Å². The Balaban J connectivity index is 4.51. The van der Waals surface area contributed by atoms with Crippen LogP contribution in [0.25, 0.3) is 0 Å². The molecule has 0 saturated heterocycles. The first-order valence-electron chi connectivity index (χ1n) is 8.36. The fraction of sp³-hybridized carbons (Fsp3) is 1.00. The zero-order valence-electron chi connectivity index (χ0n) is 14.7. The molecule has 0 bridgehead atoms. The molecule has 0 radical (unpaired) electrons. The molecule has 0 amide bonds. The van der Waals surface area contributed by atoms with E-state index in [0.29, 0.717) is 0 Å². The summed E-state index contributed by atoms with van der Waals surface area (Å²) in [5.41, 5.74) is 0. The van der Waals surface area contributed by atoms with Crippen molar-refractivity contribution in [3.63, 3.8) is 0 Å². The zero-order chi connectivity index (χ0) is 15.0. The SMILES string of the molecule is CC(C)[CH2][Al]([CH2]C(C)C)[O][Al]([CH2]C(C)C)[CH2]C(C)C. The van der Waals surface area contributed by atoms with Gasteiger partial charge < -0.3 is 2.84 Å². The number of hydrogen-bond donors (Lipinski definition) is 0. The Hall–Kier alpha value is 1.02. The van der Waals surface area contributed by atoms with Gasteiger partial charge in [0.15, 0.2) is 0 Å². The molecule has 112 valence electrons.